The Morgan fingerprint density at radius 2 is 2.12 bits per heavy atom. The minimum atomic E-state index is 0.269. The molecule has 0 radical (unpaired) electrons. The Labute approximate surface area is 108 Å². The SMILES string of the molecule is CN(C)C1(CNc2c(N)cccc2Cl)CCC1. The summed E-state index contributed by atoms with van der Waals surface area (Å²) in [6.45, 7) is 0.897. The Hall–Kier alpha value is -0.930. The van der Waals surface area contributed by atoms with Crippen molar-refractivity contribution in [3.05, 3.63) is 23.2 Å². The molecule has 0 aromatic heterocycles. The largest absolute Gasteiger partial charge is 0.397 e. The number of nitrogens with one attached hydrogen (secondary N) is 1. The van der Waals surface area contributed by atoms with Gasteiger partial charge in [-0.15, -0.1) is 0 Å². The third-order valence-corrected chi connectivity index (χ3v) is 4.19. The second kappa shape index (κ2) is 4.75. The van der Waals surface area contributed by atoms with E-state index in [2.05, 4.69) is 24.3 Å². The van der Waals surface area contributed by atoms with E-state index >= 15 is 0 Å². The zero-order chi connectivity index (χ0) is 12.5. The molecule has 1 aliphatic rings. The standard InChI is InChI=1S/C13H20ClN3/c1-17(2)13(7-4-8-13)9-16-12-10(14)5-3-6-11(12)15/h3,5-6,16H,4,7-9,15H2,1-2H3. The molecule has 1 aliphatic carbocycles. The molecule has 4 heteroatoms. The minimum Gasteiger partial charge on any atom is -0.397 e. The summed E-state index contributed by atoms with van der Waals surface area (Å²) in [5.41, 5.74) is 7.77. The summed E-state index contributed by atoms with van der Waals surface area (Å²) in [4.78, 5) is 2.30. The molecule has 1 aromatic carbocycles. The van der Waals surface area contributed by atoms with Crippen molar-refractivity contribution >= 4 is 23.0 Å². The Morgan fingerprint density at radius 1 is 1.41 bits per heavy atom. The minimum absolute atomic E-state index is 0.269. The molecule has 0 spiro atoms. The molecule has 0 heterocycles. The van der Waals surface area contributed by atoms with Crippen molar-refractivity contribution in [1.29, 1.82) is 0 Å². The van der Waals surface area contributed by atoms with E-state index in [9.17, 15) is 0 Å². The van der Waals surface area contributed by atoms with Crippen molar-refractivity contribution in [2.24, 2.45) is 0 Å². The van der Waals surface area contributed by atoms with Crippen LogP contribution in [-0.4, -0.2) is 31.1 Å². The monoisotopic (exact) mass is 253 g/mol. The van der Waals surface area contributed by atoms with Crippen molar-refractivity contribution in [3.63, 3.8) is 0 Å². The normalized spacial score (nSPS) is 17.9. The van der Waals surface area contributed by atoms with Gasteiger partial charge in [-0.2, -0.15) is 0 Å². The molecule has 17 heavy (non-hydrogen) atoms. The number of nitrogens with two attached hydrogens (primary N) is 1. The number of hydrogen-bond donors (Lipinski definition) is 2. The van der Waals surface area contributed by atoms with E-state index in [1.54, 1.807) is 0 Å². The van der Waals surface area contributed by atoms with Gasteiger partial charge >= 0.3 is 0 Å². The van der Waals surface area contributed by atoms with Crippen molar-refractivity contribution in [1.82, 2.24) is 4.90 Å². The van der Waals surface area contributed by atoms with E-state index in [1.165, 1.54) is 19.3 Å². The van der Waals surface area contributed by atoms with Crippen LogP contribution in [-0.2, 0) is 0 Å². The molecule has 0 atom stereocenters. The van der Waals surface area contributed by atoms with Crippen LogP contribution in [0.5, 0.6) is 0 Å². The molecular weight excluding hydrogens is 234 g/mol. The van der Waals surface area contributed by atoms with E-state index in [-0.39, 0.29) is 5.54 Å². The van der Waals surface area contributed by atoms with Crippen LogP contribution in [0.1, 0.15) is 19.3 Å². The van der Waals surface area contributed by atoms with Gasteiger partial charge in [0.2, 0.25) is 0 Å². The van der Waals surface area contributed by atoms with Gasteiger partial charge in [0.05, 0.1) is 16.4 Å². The maximum Gasteiger partial charge on any atom is 0.0763 e. The highest BCUT2D eigenvalue weighted by Crippen LogP contribution is 2.37. The van der Waals surface area contributed by atoms with E-state index in [0.29, 0.717) is 10.7 Å². The van der Waals surface area contributed by atoms with Gasteiger partial charge in [0.15, 0.2) is 0 Å². The zero-order valence-electron chi connectivity index (χ0n) is 10.5. The molecule has 0 unspecified atom stereocenters. The van der Waals surface area contributed by atoms with E-state index < -0.39 is 0 Å². The average Bonchev–Trinajstić information content (AvgIpc) is 2.19. The van der Waals surface area contributed by atoms with Crippen LogP contribution in [0, 0.1) is 0 Å². The second-order valence-corrected chi connectivity index (χ2v) is 5.44. The maximum atomic E-state index is 6.14. The first-order valence-corrected chi connectivity index (χ1v) is 6.38. The first kappa shape index (κ1) is 12.5. The van der Waals surface area contributed by atoms with Crippen LogP contribution in [0.4, 0.5) is 11.4 Å². The number of nitrogen functional groups attached to an aromatic ring is 1. The van der Waals surface area contributed by atoms with Crippen LogP contribution in [0.2, 0.25) is 5.02 Å². The van der Waals surface area contributed by atoms with Crippen molar-refractivity contribution in [2.45, 2.75) is 24.8 Å². The fraction of sp³-hybridized carbons (Fsp3) is 0.538. The quantitative estimate of drug-likeness (QED) is 0.811. The molecular formula is C13H20ClN3. The van der Waals surface area contributed by atoms with E-state index in [4.69, 9.17) is 17.3 Å². The summed E-state index contributed by atoms with van der Waals surface area (Å²) in [7, 11) is 4.27. The lowest BCUT2D eigenvalue weighted by atomic mass is 9.75. The first-order valence-electron chi connectivity index (χ1n) is 6.00. The highest BCUT2D eigenvalue weighted by molar-refractivity contribution is 6.33. The van der Waals surface area contributed by atoms with Gasteiger partial charge in [-0.25, -0.2) is 0 Å². The fourth-order valence-electron chi connectivity index (χ4n) is 2.35. The number of hydrogen-bond acceptors (Lipinski definition) is 3. The fourth-order valence-corrected chi connectivity index (χ4v) is 2.60. The Morgan fingerprint density at radius 3 is 2.59 bits per heavy atom. The number of rotatable bonds is 4. The lowest BCUT2D eigenvalue weighted by Gasteiger charge is -2.47. The molecule has 1 aromatic rings. The second-order valence-electron chi connectivity index (χ2n) is 5.03. The predicted octanol–water partition coefficient (Wildman–Crippen LogP) is 2.82. The average molecular weight is 254 g/mol. The lowest BCUT2D eigenvalue weighted by molar-refractivity contribution is 0.0739. The van der Waals surface area contributed by atoms with Gasteiger partial charge in [-0.05, 0) is 45.5 Å². The molecule has 0 saturated heterocycles. The highest BCUT2D eigenvalue weighted by atomic mass is 35.5. The number of para-hydroxylation sites is 1. The Bertz CT molecular complexity index is 379. The predicted molar refractivity (Wildman–Crippen MR) is 74.6 cm³/mol. The van der Waals surface area contributed by atoms with E-state index in [0.717, 1.165) is 12.2 Å². The molecule has 0 bridgehead atoms. The van der Waals surface area contributed by atoms with Gasteiger partial charge in [0.25, 0.3) is 0 Å². The summed E-state index contributed by atoms with van der Waals surface area (Å²) in [6, 6.07) is 5.61. The number of halogens is 1. The summed E-state index contributed by atoms with van der Waals surface area (Å²) in [5, 5.41) is 4.10. The topological polar surface area (TPSA) is 41.3 Å². The van der Waals surface area contributed by atoms with Gasteiger partial charge in [0.1, 0.15) is 0 Å². The first-order chi connectivity index (χ1) is 8.05. The van der Waals surface area contributed by atoms with Crippen molar-refractivity contribution < 1.29 is 0 Å². The Kier molecular flexibility index (Phi) is 3.50. The van der Waals surface area contributed by atoms with Gasteiger partial charge < -0.3 is 16.0 Å². The Balaban J connectivity index is 2.07. The molecule has 0 amide bonds. The summed E-state index contributed by atoms with van der Waals surface area (Å²) in [6.07, 6.45) is 3.77. The molecule has 3 nitrogen and oxygen atoms in total. The van der Waals surface area contributed by atoms with Gasteiger partial charge in [0, 0.05) is 12.1 Å². The van der Waals surface area contributed by atoms with Crippen LogP contribution in [0.25, 0.3) is 0 Å². The molecule has 1 saturated carbocycles. The smallest absolute Gasteiger partial charge is 0.0763 e. The van der Waals surface area contributed by atoms with Gasteiger partial charge in [-0.1, -0.05) is 17.7 Å². The van der Waals surface area contributed by atoms with Gasteiger partial charge in [-0.3, -0.25) is 0 Å². The van der Waals surface area contributed by atoms with Crippen LogP contribution in [0.3, 0.4) is 0 Å². The lowest BCUT2D eigenvalue weighted by Crippen LogP contribution is -2.54. The van der Waals surface area contributed by atoms with Crippen LogP contribution < -0.4 is 11.1 Å². The molecule has 94 valence electrons. The molecule has 0 aliphatic heterocycles. The summed E-state index contributed by atoms with van der Waals surface area (Å²) >= 11 is 6.14. The zero-order valence-corrected chi connectivity index (χ0v) is 11.2. The van der Waals surface area contributed by atoms with Crippen LogP contribution in [0.15, 0.2) is 18.2 Å². The third kappa shape index (κ3) is 2.35. The number of anilines is 2. The molecule has 2 rings (SSSR count). The summed E-state index contributed by atoms with van der Waals surface area (Å²) in [5.74, 6) is 0. The number of nitrogens with zero attached hydrogens (tertiary/aromatic N) is 1. The molecule has 1 fully saturated rings. The maximum absolute atomic E-state index is 6.14. The highest BCUT2D eigenvalue weighted by Gasteiger charge is 2.38. The van der Waals surface area contributed by atoms with E-state index in [1.807, 2.05) is 18.2 Å². The third-order valence-electron chi connectivity index (χ3n) is 3.87. The summed E-state index contributed by atoms with van der Waals surface area (Å²) < 4.78 is 0. The van der Waals surface area contributed by atoms with Crippen LogP contribution >= 0.6 is 11.6 Å². The van der Waals surface area contributed by atoms with Crippen molar-refractivity contribution in [2.75, 3.05) is 31.7 Å². The number of benzene rings is 1. The molecule has 3 N–H and O–H groups in total. The number of likely N-dealkylation sites (N-methyl/N-ethyl adjacent to an activating group) is 1. The van der Waals surface area contributed by atoms with Crippen molar-refractivity contribution in [3.8, 4) is 0 Å².